The van der Waals surface area contributed by atoms with Crippen molar-refractivity contribution in [2.24, 2.45) is 0 Å². The standard InChI is InChI=1S/C27H23F2N3O2/c28-27(29)17-26(18-30,22-9-5-2-6-10-22)32(19-27)25(34)12-11-24(33)23-13-14-31-16-21(23)15-20-7-3-1-4-8-20/h1-10,13-14,16H,11-12,15,17,19H2/t26-/m0/s1. The van der Waals surface area contributed by atoms with Gasteiger partial charge in [-0.3, -0.25) is 14.6 Å². The fraction of sp³-hybridized carbons (Fsp3) is 0.259. The molecule has 0 radical (unpaired) electrons. The molecular formula is C27H23F2N3O2. The first-order chi connectivity index (χ1) is 16.3. The summed E-state index contributed by atoms with van der Waals surface area (Å²) in [6.07, 6.45) is 2.46. The van der Waals surface area contributed by atoms with Crippen molar-refractivity contribution in [3.63, 3.8) is 0 Å². The van der Waals surface area contributed by atoms with E-state index >= 15 is 0 Å². The van der Waals surface area contributed by atoms with Crippen LogP contribution in [-0.4, -0.2) is 34.0 Å². The molecule has 1 saturated heterocycles. The number of Topliss-reactive ketones (excluding diaryl/α,β-unsaturated/α-hetero) is 1. The van der Waals surface area contributed by atoms with Gasteiger partial charge in [-0.25, -0.2) is 8.78 Å². The van der Waals surface area contributed by atoms with Crippen LogP contribution in [0.1, 0.15) is 46.3 Å². The molecule has 5 nitrogen and oxygen atoms in total. The third kappa shape index (κ3) is 4.72. The number of carbonyl (C=O) groups excluding carboxylic acids is 2. The predicted octanol–water partition coefficient (Wildman–Crippen LogP) is 4.92. The summed E-state index contributed by atoms with van der Waals surface area (Å²) in [7, 11) is 0. The summed E-state index contributed by atoms with van der Waals surface area (Å²) in [4.78, 5) is 31.1. The summed E-state index contributed by atoms with van der Waals surface area (Å²) in [6, 6.07) is 21.4. The number of rotatable bonds is 7. The molecule has 34 heavy (non-hydrogen) atoms. The summed E-state index contributed by atoms with van der Waals surface area (Å²) in [5.41, 5.74) is 0.776. The first-order valence-electron chi connectivity index (χ1n) is 11.0. The number of benzene rings is 2. The number of aromatic nitrogens is 1. The molecular weight excluding hydrogens is 436 g/mol. The van der Waals surface area contributed by atoms with Crippen LogP contribution < -0.4 is 0 Å². The molecule has 1 atom stereocenters. The smallest absolute Gasteiger partial charge is 0.269 e. The molecule has 4 rings (SSSR count). The van der Waals surface area contributed by atoms with Gasteiger partial charge in [0.1, 0.15) is 0 Å². The summed E-state index contributed by atoms with van der Waals surface area (Å²) in [5, 5.41) is 9.90. The molecule has 1 aliphatic heterocycles. The maximum Gasteiger partial charge on any atom is 0.269 e. The molecule has 3 aromatic rings. The van der Waals surface area contributed by atoms with Crippen molar-refractivity contribution in [2.45, 2.75) is 37.1 Å². The van der Waals surface area contributed by atoms with Gasteiger partial charge in [-0.05, 0) is 29.2 Å². The van der Waals surface area contributed by atoms with Gasteiger partial charge in [0, 0.05) is 30.8 Å². The van der Waals surface area contributed by atoms with Gasteiger partial charge < -0.3 is 4.90 Å². The van der Waals surface area contributed by atoms with E-state index in [-0.39, 0.29) is 18.6 Å². The Labute approximate surface area is 196 Å². The maximum atomic E-state index is 14.4. The number of alkyl halides is 2. The molecule has 0 aliphatic carbocycles. The lowest BCUT2D eigenvalue weighted by Crippen LogP contribution is -2.44. The van der Waals surface area contributed by atoms with E-state index in [1.807, 2.05) is 36.4 Å². The Hall–Kier alpha value is -3.92. The zero-order valence-corrected chi connectivity index (χ0v) is 18.5. The van der Waals surface area contributed by atoms with E-state index in [1.54, 1.807) is 42.6 Å². The third-order valence-corrected chi connectivity index (χ3v) is 6.11. The van der Waals surface area contributed by atoms with Crippen LogP contribution in [0.5, 0.6) is 0 Å². The highest BCUT2D eigenvalue weighted by atomic mass is 19.3. The molecule has 0 unspecified atom stereocenters. The zero-order valence-electron chi connectivity index (χ0n) is 18.5. The summed E-state index contributed by atoms with van der Waals surface area (Å²) in [6.45, 7) is -0.850. The predicted molar refractivity (Wildman–Crippen MR) is 122 cm³/mol. The zero-order chi connectivity index (χ0) is 24.2. The molecule has 172 valence electrons. The Morgan fingerprint density at radius 3 is 2.35 bits per heavy atom. The Morgan fingerprint density at radius 2 is 1.68 bits per heavy atom. The molecule has 1 aliphatic rings. The Bertz CT molecular complexity index is 1230. The molecule has 0 bridgehead atoms. The van der Waals surface area contributed by atoms with Crippen LogP contribution in [0.3, 0.4) is 0 Å². The van der Waals surface area contributed by atoms with Gasteiger partial charge in [0.15, 0.2) is 11.3 Å². The largest absolute Gasteiger partial charge is 0.314 e. The Morgan fingerprint density at radius 1 is 1.00 bits per heavy atom. The van der Waals surface area contributed by atoms with Crippen LogP contribution in [0.2, 0.25) is 0 Å². The quantitative estimate of drug-likeness (QED) is 0.470. The minimum absolute atomic E-state index is 0.150. The van der Waals surface area contributed by atoms with Gasteiger partial charge in [-0.2, -0.15) is 5.26 Å². The normalized spacial score (nSPS) is 18.9. The van der Waals surface area contributed by atoms with Gasteiger partial charge in [0.25, 0.3) is 5.92 Å². The lowest BCUT2D eigenvalue weighted by atomic mass is 9.87. The summed E-state index contributed by atoms with van der Waals surface area (Å²) >= 11 is 0. The monoisotopic (exact) mass is 459 g/mol. The number of pyridine rings is 1. The highest BCUT2D eigenvalue weighted by Crippen LogP contribution is 2.46. The number of carbonyl (C=O) groups is 2. The van der Waals surface area contributed by atoms with Crippen LogP contribution in [0.15, 0.2) is 79.1 Å². The van der Waals surface area contributed by atoms with Crippen LogP contribution in [0, 0.1) is 11.3 Å². The van der Waals surface area contributed by atoms with E-state index in [9.17, 15) is 23.6 Å². The number of nitrogens with zero attached hydrogens (tertiary/aromatic N) is 3. The minimum Gasteiger partial charge on any atom is -0.314 e. The molecule has 1 fully saturated rings. The van der Waals surface area contributed by atoms with Gasteiger partial charge in [0.2, 0.25) is 5.91 Å². The third-order valence-electron chi connectivity index (χ3n) is 6.11. The summed E-state index contributed by atoms with van der Waals surface area (Å²) in [5.74, 6) is -4.11. The highest BCUT2D eigenvalue weighted by molar-refractivity contribution is 5.99. The van der Waals surface area contributed by atoms with E-state index in [1.165, 1.54) is 6.20 Å². The van der Waals surface area contributed by atoms with E-state index in [2.05, 4.69) is 4.98 Å². The van der Waals surface area contributed by atoms with Crippen LogP contribution >= 0.6 is 0 Å². The number of hydrogen-bond donors (Lipinski definition) is 0. The van der Waals surface area contributed by atoms with Gasteiger partial charge in [0.05, 0.1) is 19.0 Å². The number of halogens is 2. The second-order valence-electron chi connectivity index (χ2n) is 8.47. The van der Waals surface area contributed by atoms with Crippen LogP contribution in [0.25, 0.3) is 0 Å². The Balaban J connectivity index is 1.51. The highest BCUT2D eigenvalue weighted by Gasteiger charge is 2.57. The first-order valence-corrected chi connectivity index (χ1v) is 11.0. The minimum atomic E-state index is -3.20. The number of likely N-dealkylation sites (tertiary alicyclic amines) is 1. The molecule has 0 spiro atoms. The average Bonchev–Trinajstić information content (AvgIpc) is 3.15. The second kappa shape index (κ2) is 9.52. The molecule has 1 aromatic heterocycles. The van der Waals surface area contributed by atoms with E-state index in [4.69, 9.17) is 0 Å². The summed E-state index contributed by atoms with van der Waals surface area (Å²) < 4.78 is 28.9. The molecule has 2 heterocycles. The molecule has 2 aromatic carbocycles. The van der Waals surface area contributed by atoms with E-state index in [0.29, 0.717) is 17.5 Å². The first kappa shape index (κ1) is 23.2. The van der Waals surface area contributed by atoms with Gasteiger partial charge >= 0.3 is 0 Å². The molecule has 1 amide bonds. The number of nitriles is 1. The van der Waals surface area contributed by atoms with Crippen LogP contribution in [0.4, 0.5) is 8.78 Å². The van der Waals surface area contributed by atoms with Crippen molar-refractivity contribution in [1.82, 2.24) is 9.88 Å². The lowest BCUT2D eigenvalue weighted by Gasteiger charge is -2.32. The van der Waals surface area contributed by atoms with Crippen molar-refractivity contribution >= 4 is 11.7 Å². The van der Waals surface area contributed by atoms with Crippen molar-refractivity contribution in [3.05, 3.63) is 101 Å². The fourth-order valence-corrected chi connectivity index (χ4v) is 4.48. The molecule has 7 heteroatoms. The average molecular weight is 459 g/mol. The number of ketones is 1. The molecule has 0 N–H and O–H groups in total. The topological polar surface area (TPSA) is 74.1 Å². The van der Waals surface area contributed by atoms with Crippen molar-refractivity contribution in [2.75, 3.05) is 6.54 Å². The second-order valence-corrected chi connectivity index (χ2v) is 8.47. The van der Waals surface area contributed by atoms with Crippen molar-refractivity contribution in [3.8, 4) is 6.07 Å². The van der Waals surface area contributed by atoms with E-state index in [0.717, 1.165) is 16.0 Å². The fourth-order valence-electron chi connectivity index (χ4n) is 4.48. The van der Waals surface area contributed by atoms with E-state index < -0.39 is 30.3 Å². The number of hydrogen-bond acceptors (Lipinski definition) is 4. The molecule has 0 saturated carbocycles. The van der Waals surface area contributed by atoms with Gasteiger partial charge in [-0.15, -0.1) is 0 Å². The van der Waals surface area contributed by atoms with Crippen molar-refractivity contribution in [1.29, 1.82) is 5.26 Å². The maximum absolute atomic E-state index is 14.4. The number of amides is 1. The van der Waals surface area contributed by atoms with Crippen LogP contribution in [-0.2, 0) is 16.8 Å². The Kier molecular flexibility index (Phi) is 6.51. The van der Waals surface area contributed by atoms with Crippen molar-refractivity contribution < 1.29 is 18.4 Å². The SMILES string of the molecule is N#C[C@]1(c2ccccc2)CC(F)(F)CN1C(=O)CCC(=O)c1ccncc1Cc1ccccc1. The lowest BCUT2D eigenvalue weighted by molar-refractivity contribution is -0.135. The van der Waals surface area contributed by atoms with Gasteiger partial charge in [-0.1, -0.05) is 60.7 Å².